The van der Waals surface area contributed by atoms with Crippen LogP contribution in [0.1, 0.15) is 46.1 Å². The zero-order valence-electron chi connectivity index (χ0n) is 13.5. The molecule has 0 spiro atoms. The van der Waals surface area contributed by atoms with Crippen molar-refractivity contribution in [3.63, 3.8) is 0 Å². The second kappa shape index (κ2) is 8.46. The predicted molar refractivity (Wildman–Crippen MR) is 85.6 cm³/mol. The van der Waals surface area contributed by atoms with Gasteiger partial charge in [0.25, 0.3) is 10.0 Å². The minimum Gasteiger partial charge on any atom is -0.313 e. The highest BCUT2D eigenvalue weighted by Gasteiger charge is 2.27. The maximum absolute atomic E-state index is 12.6. The number of pyridine rings is 1. The maximum Gasteiger partial charge on any atom is 0.260 e. The van der Waals surface area contributed by atoms with Crippen LogP contribution < -0.4 is 5.32 Å². The van der Waals surface area contributed by atoms with Gasteiger partial charge < -0.3 is 5.32 Å². The summed E-state index contributed by atoms with van der Waals surface area (Å²) in [6, 6.07) is 3.41. The average molecular weight is 313 g/mol. The van der Waals surface area contributed by atoms with Crippen LogP contribution in [0.2, 0.25) is 0 Å². The zero-order chi connectivity index (χ0) is 15.9. The van der Waals surface area contributed by atoms with Gasteiger partial charge in [0, 0.05) is 25.3 Å². The van der Waals surface area contributed by atoms with Gasteiger partial charge in [-0.25, -0.2) is 13.4 Å². The van der Waals surface area contributed by atoms with E-state index >= 15 is 0 Å². The normalized spacial score (nSPS) is 13.6. The first kappa shape index (κ1) is 18.1. The van der Waals surface area contributed by atoms with E-state index < -0.39 is 10.0 Å². The third kappa shape index (κ3) is 4.76. The number of nitrogens with one attached hydrogen (secondary N) is 1. The predicted octanol–water partition coefficient (Wildman–Crippen LogP) is 2.39. The molecule has 0 bridgehead atoms. The molecule has 0 fully saturated rings. The van der Waals surface area contributed by atoms with E-state index in [2.05, 4.69) is 17.2 Å². The fourth-order valence-corrected chi connectivity index (χ4v) is 3.75. The van der Waals surface area contributed by atoms with Crippen LogP contribution in [-0.4, -0.2) is 36.8 Å². The fraction of sp³-hybridized carbons (Fsp3) is 0.667. The van der Waals surface area contributed by atoms with Gasteiger partial charge in [-0.15, -0.1) is 0 Å². The lowest BCUT2D eigenvalue weighted by atomic mass is 10.3. The molecule has 0 saturated carbocycles. The Hall–Kier alpha value is -0.980. The van der Waals surface area contributed by atoms with E-state index in [1.54, 1.807) is 12.3 Å². The number of hydrogen-bond acceptors (Lipinski definition) is 4. The van der Waals surface area contributed by atoms with Crippen molar-refractivity contribution in [2.45, 2.75) is 58.1 Å². The highest BCUT2D eigenvalue weighted by Crippen LogP contribution is 2.17. The summed E-state index contributed by atoms with van der Waals surface area (Å²) in [5.74, 6) is 0. The molecule has 0 amide bonds. The number of nitrogens with zero attached hydrogens (tertiary/aromatic N) is 2. The molecule has 1 rings (SSSR count). The van der Waals surface area contributed by atoms with Crippen molar-refractivity contribution in [3.05, 3.63) is 23.9 Å². The first-order chi connectivity index (χ1) is 9.97. The van der Waals surface area contributed by atoms with Gasteiger partial charge in [0.1, 0.15) is 0 Å². The van der Waals surface area contributed by atoms with Gasteiger partial charge in [-0.2, -0.15) is 4.31 Å². The number of rotatable bonds is 9. The van der Waals surface area contributed by atoms with Gasteiger partial charge in [-0.05, 0) is 37.9 Å². The lowest BCUT2D eigenvalue weighted by Gasteiger charge is -2.25. The van der Waals surface area contributed by atoms with Crippen LogP contribution in [0.15, 0.2) is 23.4 Å². The Balaban J connectivity index is 2.88. The lowest BCUT2D eigenvalue weighted by Crippen LogP contribution is -2.38. The molecule has 120 valence electrons. The molecular weight excluding hydrogens is 286 g/mol. The zero-order valence-corrected chi connectivity index (χ0v) is 14.3. The summed E-state index contributed by atoms with van der Waals surface area (Å²) in [6.07, 6.45) is 3.49. The number of aromatic nitrogens is 1. The van der Waals surface area contributed by atoms with Crippen molar-refractivity contribution in [1.29, 1.82) is 0 Å². The van der Waals surface area contributed by atoms with E-state index in [4.69, 9.17) is 0 Å². The molecule has 0 aromatic carbocycles. The van der Waals surface area contributed by atoms with E-state index in [9.17, 15) is 8.42 Å². The lowest BCUT2D eigenvalue weighted by molar-refractivity contribution is 0.341. The second-order valence-electron chi connectivity index (χ2n) is 5.15. The highest BCUT2D eigenvalue weighted by molar-refractivity contribution is 7.89. The minimum absolute atomic E-state index is 0.0207. The molecule has 0 radical (unpaired) electrons. The minimum atomic E-state index is -3.50. The van der Waals surface area contributed by atoms with Crippen molar-refractivity contribution < 1.29 is 8.42 Å². The molecule has 0 aliphatic rings. The average Bonchev–Trinajstić information content (AvgIpc) is 2.48. The third-order valence-electron chi connectivity index (χ3n) is 3.52. The largest absolute Gasteiger partial charge is 0.313 e. The number of hydrogen-bond donors (Lipinski definition) is 1. The Bertz CT molecular complexity index is 514. The summed E-state index contributed by atoms with van der Waals surface area (Å²) in [4.78, 5) is 4.15. The van der Waals surface area contributed by atoms with Gasteiger partial charge in [0.05, 0.1) is 0 Å². The Morgan fingerprint density at radius 1 is 1.29 bits per heavy atom. The Morgan fingerprint density at radius 2 is 2.00 bits per heavy atom. The first-order valence-electron chi connectivity index (χ1n) is 7.64. The topological polar surface area (TPSA) is 62.3 Å². The van der Waals surface area contributed by atoms with Gasteiger partial charge in [-0.1, -0.05) is 26.8 Å². The standard InChI is InChI=1S/C15H27N3O2S/c1-5-10-16-11-14-8-9-15(17-12-14)21(19,20)18(7-3)13(4)6-2/h8-9,12-13,16H,5-7,10-11H2,1-4H3. The van der Waals surface area contributed by atoms with Crippen LogP contribution in [0.3, 0.4) is 0 Å². The summed E-state index contributed by atoms with van der Waals surface area (Å²) in [5, 5.41) is 3.40. The van der Waals surface area contributed by atoms with Gasteiger partial charge in [0.15, 0.2) is 5.03 Å². The van der Waals surface area contributed by atoms with Crippen LogP contribution >= 0.6 is 0 Å². The molecule has 1 N–H and O–H groups in total. The Morgan fingerprint density at radius 3 is 2.48 bits per heavy atom. The van der Waals surface area contributed by atoms with Crippen molar-refractivity contribution >= 4 is 10.0 Å². The van der Waals surface area contributed by atoms with Crippen molar-refractivity contribution in [2.24, 2.45) is 0 Å². The Kier molecular flexibility index (Phi) is 7.28. The maximum atomic E-state index is 12.6. The van der Waals surface area contributed by atoms with Crippen LogP contribution in [-0.2, 0) is 16.6 Å². The molecule has 21 heavy (non-hydrogen) atoms. The summed E-state index contributed by atoms with van der Waals surface area (Å²) in [6.45, 7) is 9.98. The molecule has 1 aromatic heterocycles. The molecule has 0 aliphatic carbocycles. The third-order valence-corrected chi connectivity index (χ3v) is 5.53. The summed E-state index contributed by atoms with van der Waals surface area (Å²) in [7, 11) is -3.50. The van der Waals surface area contributed by atoms with Crippen LogP contribution in [0, 0.1) is 0 Å². The molecule has 1 aromatic rings. The second-order valence-corrected chi connectivity index (χ2v) is 6.98. The Labute approximate surface area is 128 Å². The van der Waals surface area contributed by atoms with Crippen molar-refractivity contribution in [2.75, 3.05) is 13.1 Å². The smallest absolute Gasteiger partial charge is 0.260 e. The summed E-state index contributed by atoms with van der Waals surface area (Å²) in [5.41, 5.74) is 0.994. The monoisotopic (exact) mass is 313 g/mol. The van der Waals surface area contributed by atoms with E-state index in [1.165, 1.54) is 4.31 Å². The number of sulfonamides is 1. The highest BCUT2D eigenvalue weighted by atomic mass is 32.2. The summed E-state index contributed by atoms with van der Waals surface area (Å²) >= 11 is 0. The molecule has 1 atom stereocenters. The van der Waals surface area contributed by atoms with Crippen molar-refractivity contribution in [3.8, 4) is 0 Å². The molecular formula is C15H27N3O2S. The van der Waals surface area contributed by atoms with E-state index in [0.29, 0.717) is 13.1 Å². The van der Waals surface area contributed by atoms with E-state index in [0.717, 1.165) is 24.9 Å². The van der Waals surface area contributed by atoms with Gasteiger partial charge in [-0.3, -0.25) is 0 Å². The SMILES string of the molecule is CCCNCc1ccc(S(=O)(=O)N(CC)C(C)CC)nc1. The van der Waals surface area contributed by atoms with E-state index in [1.807, 2.05) is 26.8 Å². The van der Waals surface area contributed by atoms with Crippen molar-refractivity contribution in [1.82, 2.24) is 14.6 Å². The van der Waals surface area contributed by atoms with Gasteiger partial charge >= 0.3 is 0 Å². The fourth-order valence-electron chi connectivity index (χ4n) is 2.12. The summed E-state index contributed by atoms with van der Waals surface area (Å²) < 4.78 is 26.7. The first-order valence-corrected chi connectivity index (χ1v) is 9.08. The molecule has 1 unspecified atom stereocenters. The van der Waals surface area contributed by atoms with E-state index in [-0.39, 0.29) is 11.1 Å². The van der Waals surface area contributed by atoms with Gasteiger partial charge in [0.2, 0.25) is 0 Å². The molecule has 6 heteroatoms. The van der Waals surface area contributed by atoms with Crippen LogP contribution in [0.4, 0.5) is 0 Å². The molecule has 0 aliphatic heterocycles. The molecule has 0 saturated heterocycles. The van der Waals surface area contributed by atoms with Crippen LogP contribution in [0.25, 0.3) is 0 Å². The molecule has 5 nitrogen and oxygen atoms in total. The van der Waals surface area contributed by atoms with Crippen LogP contribution in [0.5, 0.6) is 0 Å². The quantitative estimate of drug-likeness (QED) is 0.711. The molecule has 1 heterocycles.